The van der Waals surface area contributed by atoms with Gasteiger partial charge in [0.05, 0.1) is 11.9 Å². The first kappa shape index (κ1) is 23.7. The van der Waals surface area contributed by atoms with E-state index in [4.69, 9.17) is 9.26 Å². The minimum Gasteiger partial charge on any atom is -0.768 e. The summed E-state index contributed by atoms with van der Waals surface area (Å²) in [6.07, 6.45) is -1.70. The molecule has 4 heterocycles. The second-order valence-corrected chi connectivity index (χ2v) is 9.89. The molecular formula is C20H18F3N6O4S2-. The Balaban J connectivity index is 1.18. The predicted octanol–water partition coefficient (Wildman–Crippen LogP) is 3.78. The Morgan fingerprint density at radius 2 is 1.94 bits per heavy atom. The molecule has 186 valence electrons. The fourth-order valence-electron chi connectivity index (χ4n) is 3.88. The van der Waals surface area contributed by atoms with Crippen molar-refractivity contribution >= 4 is 33.4 Å². The summed E-state index contributed by atoms with van der Waals surface area (Å²) in [4.78, 5) is 10.5. The third kappa shape index (κ3) is 5.01. The van der Waals surface area contributed by atoms with Crippen molar-refractivity contribution in [3.63, 3.8) is 0 Å². The Morgan fingerprint density at radius 3 is 2.54 bits per heavy atom. The molecule has 35 heavy (non-hydrogen) atoms. The molecule has 10 nitrogen and oxygen atoms in total. The van der Waals surface area contributed by atoms with Crippen LogP contribution in [0.1, 0.15) is 25.6 Å². The lowest BCUT2D eigenvalue weighted by atomic mass is 9.92. The van der Waals surface area contributed by atoms with E-state index in [0.29, 0.717) is 41.8 Å². The minimum atomic E-state index is -4.64. The second kappa shape index (κ2) is 9.20. The van der Waals surface area contributed by atoms with Gasteiger partial charge in [-0.2, -0.15) is 18.2 Å². The molecule has 15 heteroatoms. The highest BCUT2D eigenvalue weighted by Gasteiger charge is 2.38. The number of hydrogen-bond donors (Lipinski definition) is 0. The zero-order valence-electron chi connectivity index (χ0n) is 18.1. The third-order valence-electron chi connectivity index (χ3n) is 5.80. The van der Waals surface area contributed by atoms with E-state index in [1.165, 1.54) is 23.5 Å². The normalized spacial score (nSPS) is 17.1. The van der Waals surface area contributed by atoms with E-state index in [1.807, 2.05) is 6.92 Å². The number of nitrogens with zero attached hydrogens (tertiary/aromatic N) is 6. The summed E-state index contributed by atoms with van der Waals surface area (Å²) in [7, 11) is 0. The van der Waals surface area contributed by atoms with Crippen molar-refractivity contribution in [2.45, 2.75) is 36.9 Å². The largest absolute Gasteiger partial charge is 0.768 e. The van der Waals surface area contributed by atoms with Gasteiger partial charge >= 0.3 is 12.2 Å². The van der Waals surface area contributed by atoms with E-state index in [2.05, 4.69) is 20.2 Å². The number of aromatic nitrogens is 5. The minimum absolute atomic E-state index is 0.128. The Bertz CT molecular complexity index is 1310. The number of benzene rings is 1. The van der Waals surface area contributed by atoms with E-state index in [-0.39, 0.29) is 22.9 Å². The lowest BCUT2D eigenvalue weighted by Gasteiger charge is -2.33. The van der Waals surface area contributed by atoms with Crippen LogP contribution < -0.4 is 9.64 Å². The lowest BCUT2D eigenvalue weighted by Crippen LogP contribution is -2.38. The molecule has 3 aromatic heterocycles. The number of ether oxygens (including phenoxy) is 1. The smallest absolute Gasteiger partial charge is 0.455 e. The summed E-state index contributed by atoms with van der Waals surface area (Å²) in [5.41, 5.74) is 1.43. The maximum absolute atomic E-state index is 12.7. The zero-order valence-corrected chi connectivity index (χ0v) is 19.8. The van der Waals surface area contributed by atoms with Gasteiger partial charge in [-0.15, -0.1) is 5.10 Å². The molecule has 0 N–H and O–H groups in total. The standard InChI is InChI=1S/C20H19F3N6O4S2/c1-11(12-6-8-28(9-7-12)17-25-16(27-33-17)20(21,22)23)32-19-26-29-10-15(24-18(29)34-19)13-2-4-14(5-3-13)35(30)31/h2-5,10-12H,6-9H2,1H3,(H,30,31)/p-1. The van der Waals surface area contributed by atoms with Crippen LogP contribution in [0.25, 0.3) is 16.2 Å². The highest BCUT2D eigenvalue weighted by molar-refractivity contribution is 7.79. The average Bonchev–Trinajstić information content (AvgIpc) is 3.54. The highest BCUT2D eigenvalue weighted by Crippen LogP contribution is 2.32. The maximum Gasteiger partial charge on any atom is 0.455 e. The molecule has 0 amide bonds. The third-order valence-corrected chi connectivity index (χ3v) is 7.27. The molecular weight excluding hydrogens is 509 g/mol. The zero-order chi connectivity index (χ0) is 24.7. The monoisotopic (exact) mass is 527 g/mol. The van der Waals surface area contributed by atoms with Gasteiger partial charge in [-0.3, -0.25) is 4.21 Å². The SMILES string of the molecule is CC(Oc1nn2cc(-c3ccc(S(=O)[O-])cc3)nc2s1)C1CCN(c2nc(C(F)(F)F)no2)CC1. The van der Waals surface area contributed by atoms with Crippen LogP contribution in [0.2, 0.25) is 0 Å². The van der Waals surface area contributed by atoms with Crippen LogP contribution in [-0.4, -0.2) is 52.7 Å². The highest BCUT2D eigenvalue weighted by atomic mass is 32.2. The molecule has 0 aliphatic carbocycles. The summed E-state index contributed by atoms with van der Waals surface area (Å²) in [5.74, 6) is -1.10. The van der Waals surface area contributed by atoms with Gasteiger partial charge in [-0.05, 0) is 65.4 Å². The summed E-state index contributed by atoms with van der Waals surface area (Å²) in [6.45, 7) is 2.88. The van der Waals surface area contributed by atoms with Crippen molar-refractivity contribution in [1.29, 1.82) is 0 Å². The number of hydrogen-bond acceptors (Lipinski definition) is 10. The Labute approximate surface area is 203 Å². The molecule has 1 aromatic carbocycles. The van der Waals surface area contributed by atoms with Gasteiger partial charge in [0, 0.05) is 23.5 Å². The van der Waals surface area contributed by atoms with E-state index in [9.17, 15) is 21.9 Å². The van der Waals surface area contributed by atoms with E-state index in [1.54, 1.807) is 27.7 Å². The van der Waals surface area contributed by atoms with Crippen LogP contribution in [0.3, 0.4) is 0 Å². The van der Waals surface area contributed by atoms with Gasteiger partial charge < -0.3 is 18.7 Å². The molecule has 1 saturated heterocycles. The molecule has 1 fully saturated rings. The molecule has 4 aromatic rings. The van der Waals surface area contributed by atoms with Gasteiger partial charge in [0.25, 0.3) is 11.0 Å². The first-order chi connectivity index (χ1) is 16.7. The Kier molecular flexibility index (Phi) is 6.23. The van der Waals surface area contributed by atoms with Gasteiger partial charge in [0.1, 0.15) is 6.10 Å². The van der Waals surface area contributed by atoms with Crippen molar-refractivity contribution in [2.24, 2.45) is 5.92 Å². The molecule has 0 saturated carbocycles. The summed E-state index contributed by atoms with van der Waals surface area (Å²) in [5, 5.41) is 7.89. The number of alkyl halides is 3. The van der Waals surface area contributed by atoms with Gasteiger partial charge in [-0.1, -0.05) is 12.1 Å². The Morgan fingerprint density at radius 1 is 1.23 bits per heavy atom. The topological polar surface area (TPSA) is 122 Å². The van der Waals surface area contributed by atoms with Crippen molar-refractivity contribution in [3.05, 3.63) is 36.3 Å². The van der Waals surface area contributed by atoms with Crippen LogP contribution in [-0.2, 0) is 17.3 Å². The van der Waals surface area contributed by atoms with Crippen LogP contribution in [0.5, 0.6) is 5.19 Å². The fourth-order valence-corrected chi connectivity index (χ4v) is 5.05. The summed E-state index contributed by atoms with van der Waals surface area (Å²) >= 11 is -0.997. The van der Waals surface area contributed by atoms with Crippen LogP contribution in [0, 0.1) is 5.92 Å². The van der Waals surface area contributed by atoms with E-state index in [0.717, 1.165) is 5.56 Å². The van der Waals surface area contributed by atoms with Gasteiger partial charge in [0.2, 0.25) is 4.96 Å². The predicted molar refractivity (Wildman–Crippen MR) is 118 cm³/mol. The molecule has 1 aliphatic heterocycles. The molecule has 1 aliphatic rings. The molecule has 5 rings (SSSR count). The maximum atomic E-state index is 12.7. The number of halogens is 3. The van der Waals surface area contributed by atoms with Crippen molar-refractivity contribution in [1.82, 2.24) is 24.7 Å². The first-order valence-electron chi connectivity index (χ1n) is 10.6. The lowest BCUT2D eigenvalue weighted by molar-refractivity contribution is -0.146. The van der Waals surface area contributed by atoms with E-state index >= 15 is 0 Å². The average molecular weight is 528 g/mol. The molecule has 2 atom stereocenters. The number of imidazole rings is 1. The second-order valence-electron chi connectivity index (χ2n) is 8.03. The first-order valence-corrected chi connectivity index (χ1v) is 12.4. The number of anilines is 1. The van der Waals surface area contributed by atoms with Crippen LogP contribution >= 0.6 is 11.3 Å². The molecule has 0 spiro atoms. The molecule has 0 bridgehead atoms. The van der Waals surface area contributed by atoms with Crippen LogP contribution in [0.4, 0.5) is 19.2 Å². The van der Waals surface area contributed by atoms with Crippen molar-refractivity contribution in [2.75, 3.05) is 18.0 Å². The summed E-state index contributed by atoms with van der Waals surface area (Å²) < 4.78 is 72.5. The van der Waals surface area contributed by atoms with Gasteiger partial charge in [-0.25, -0.2) is 9.50 Å². The number of rotatable bonds is 6. The number of piperidine rings is 1. The quantitative estimate of drug-likeness (QED) is 0.345. The fraction of sp³-hybridized carbons (Fsp3) is 0.400. The summed E-state index contributed by atoms with van der Waals surface area (Å²) in [6, 6.07) is 6.25. The van der Waals surface area contributed by atoms with Crippen LogP contribution in [0.15, 0.2) is 39.9 Å². The van der Waals surface area contributed by atoms with Gasteiger partial charge in [0.15, 0.2) is 0 Å². The van der Waals surface area contributed by atoms with Crippen molar-refractivity contribution in [3.8, 4) is 16.5 Å². The van der Waals surface area contributed by atoms with Crippen molar-refractivity contribution < 1.29 is 31.2 Å². The van der Waals surface area contributed by atoms with E-state index < -0.39 is 23.1 Å². The molecule has 2 unspecified atom stereocenters. The molecule has 0 radical (unpaired) electrons. The Hall–Kier alpha value is -3.04. The number of fused-ring (bicyclic) bond motifs is 1.